The van der Waals surface area contributed by atoms with Crippen molar-refractivity contribution in [3.63, 3.8) is 0 Å². The maximum absolute atomic E-state index is 12.5. The van der Waals surface area contributed by atoms with E-state index in [0.717, 1.165) is 0 Å². The number of halogens is 2. The van der Waals surface area contributed by atoms with Gasteiger partial charge in [0.2, 0.25) is 11.1 Å². The van der Waals surface area contributed by atoms with Crippen LogP contribution in [-0.2, 0) is 11.4 Å². The maximum Gasteiger partial charge on any atom is 0.237 e. The van der Waals surface area contributed by atoms with Crippen LogP contribution in [0.25, 0.3) is 0 Å². The first-order valence-corrected chi connectivity index (χ1v) is 11.2. The highest BCUT2D eigenvalue weighted by Crippen LogP contribution is 2.27. The third-order valence-electron chi connectivity index (χ3n) is 4.49. The average molecular weight is 480 g/mol. The SMILES string of the molecule is CC(Sc1nnc(COc2ccc(C(C)C)cc2)n1N)C(=O)Nc1ccc(Cl)cc1Cl. The molecule has 1 atom stereocenters. The van der Waals surface area contributed by atoms with E-state index in [4.69, 9.17) is 33.8 Å². The molecule has 0 saturated heterocycles. The van der Waals surface area contributed by atoms with Gasteiger partial charge < -0.3 is 15.9 Å². The molecule has 7 nitrogen and oxygen atoms in total. The van der Waals surface area contributed by atoms with Crippen LogP contribution >= 0.6 is 35.0 Å². The highest BCUT2D eigenvalue weighted by molar-refractivity contribution is 8.00. The van der Waals surface area contributed by atoms with Crippen LogP contribution in [-0.4, -0.2) is 26.0 Å². The lowest BCUT2D eigenvalue weighted by molar-refractivity contribution is -0.115. The predicted molar refractivity (Wildman–Crippen MR) is 125 cm³/mol. The van der Waals surface area contributed by atoms with E-state index < -0.39 is 5.25 Å². The molecule has 1 aromatic heterocycles. The number of aromatic nitrogens is 3. The van der Waals surface area contributed by atoms with E-state index in [9.17, 15) is 4.79 Å². The minimum absolute atomic E-state index is 0.159. The van der Waals surface area contributed by atoms with Crippen molar-refractivity contribution in [2.45, 2.75) is 43.7 Å². The van der Waals surface area contributed by atoms with Gasteiger partial charge >= 0.3 is 0 Å². The molecular formula is C21H23Cl2N5O2S. The van der Waals surface area contributed by atoms with Gasteiger partial charge in [0, 0.05) is 5.02 Å². The molecule has 2 aromatic carbocycles. The topological polar surface area (TPSA) is 95.1 Å². The van der Waals surface area contributed by atoms with E-state index in [-0.39, 0.29) is 12.5 Å². The lowest BCUT2D eigenvalue weighted by atomic mass is 10.0. The van der Waals surface area contributed by atoms with Crippen molar-refractivity contribution in [2.75, 3.05) is 11.2 Å². The molecular weight excluding hydrogens is 457 g/mol. The Morgan fingerprint density at radius 3 is 2.52 bits per heavy atom. The first-order valence-electron chi connectivity index (χ1n) is 9.59. The smallest absolute Gasteiger partial charge is 0.237 e. The van der Waals surface area contributed by atoms with Crippen molar-refractivity contribution >= 4 is 46.6 Å². The standard InChI is InChI=1S/C21H23Cl2N5O2S/c1-12(2)14-4-7-16(8-5-14)30-11-19-26-27-21(28(19)24)31-13(3)20(29)25-18-9-6-15(22)10-17(18)23/h4-10,12-13H,11,24H2,1-3H3,(H,25,29). The van der Waals surface area contributed by atoms with Crippen molar-refractivity contribution in [3.05, 3.63) is 63.9 Å². The fourth-order valence-corrected chi connectivity index (χ4v) is 3.86. The van der Waals surface area contributed by atoms with Gasteiger partial charge in [-0.25, -0.2) is 4.68 Å². The fourth-order valence-electron chi connectivity index (χ4n) is 2.62. The van der Waals surface area contributed by atoms with Gasteiger partial charge in [0.15, 0.2) is 5.82 Å². The van der Waals surface area contributed by atoms with E-state index in [1.165, 1.54) is 22.0 Å². The number of ether oxygens (including phenoxy) is 1. The van der Waals surface area contributed by atoms with Crippen LogP contribution in [0.4, 0.5) is 5.69 Å². The Morgan fingerprint density at radius 1 is 1.16 bits per heavy atom. The Hall–Kier alpha value is -2.42. The summed E-state index contributed by atoms with van der Waals surface area (Å²) in [7, 11) is 0. The Labute approximate surface area is 195 Å². The highest BCUT2D eigenvalue weighted by Gasteiger charge is 2.20. The molecule has 1 unspecified atom stereocenters. The number of rotatable bonds is 8. The summed E-state index contributed by atoms with van der Waals surface area (Å²) in [5.74, 6) is 7.47. The minimum atomic E-state index is -0.490. The summed E-state index contributed by atoms with van der Waals surface area (Å²) in [6.45, 7) is 6.17. The number of thioether (sulfide) groups is 1. The van der Waals surface area contributed by atoms with Gasteiger partial charge in [-0.3, -0.25) is 4.79 Å². The summed E-state index contributed by atoms with van der Waals surface area (Å²) >= 11 is 13.2. The third kappa shape index (κ3) is 6.06. The van der Waals surface area contributed by atoms with Gasteiger partial charge in [0.05, 0.1) is 16.0 Å². The zero-order valence-electron chi connectivity index (χ0n) is 17.3. The van der Waals surface area contributed by atoms with Crippen LogP contribution in [0.1, 0.15) is 38.1 Å². The summed E-state index contributed by atoms with van der Waals surface area (Å²) in [6.07, 6.45) is 0. The number of nitrogen functional groups attached to an aromatic ring is 1. The number of carbonyl (C=O) groups excluding carboxylic acids is 1. The van der Waals surface area contributed by atoms with E-state index >= 15 is 0 Å². The van der Waals surface area contributed by atoms with Crippen LogP contribution in [0.3, 0.4) is 0 Å². The molecule has 3 aromatic rings. The molecule has 0 aliphatic rings. The number of benzene rings is 2. The van der Waals surface area contributed by atoms with E-state index in [1.807, 2.05) is 24.3 Å². The van der Waals surface area contributed by atoms with Crippen LogP contribution in [0.15, 0.2) is 47.6 Å². The Bertz CT molecular complexity index is 1060. The molecule has 1 heterocycles. The van der Waals surface area contributed by atoms with Crippen LogP contribution in [0.5, 0.6) is 5.75 Å². The summed E-state index contributed by atoms with van der Waals surface area (Å²) in [5, 5.41) is 11.7. The zero-order chi connectivity index (χ0) is 22.5. The van der Waals surface area contributed by atoms with Gasteiger partial charge in [-0.1, -0.05) is 60.9 Å². The first-order chi connectivity index (χ1) is 14.7. The Kier molecular flexibility index (Phi) is 7.69. The number of anilines is 1. The molecule has 0 radical (unpaired) electrons. The maximum atomic E-state index is 12.5. The Morgan fingerprint density at radius 2 is 1.87 bits per heavy atom. The van der Waals surface area contributed by atoms with Crippen molar-refractivity contribution in [1.29, 1.82) is 0 Å². The van der Waals surface area contributed by atoms with Gasteiger partial charge in [-0.2, -0.15) is 0 Å². The molecule has 3 N–H and O–H groups in total. The second kappa shape index (κ2) is 10.3. The van der Waals surface area contributed by atoms with Crippen LogP contribution in [0.2, 0.25) is 10.0 Å². The lowest BCUT2D eigenvalue weighted by Gasteiger charge is -2.13. The number of carbonyl (C=O) groups is 1. The molecule has 0 aliphatic carbocycles. The van der Waals surface area contributed by atoms with Crippen molar-refractivity contribution in [2.24, 2.45) is 0 Å². The molecule has 0 saturated carbocycles. The summed E-state index contributed by atoms with van der Waals surface area (Å²) in [6, 6.07) is 12.8. The number of nitrogens with one attached hydrogen (secondary N) is 1. The normalized spacial score (nSPS) is 12.1. The fraction of sp³-hybridized carbons (Fsp3) is 0.286. The summed E-state index contributed by atoms with van der Waals surface area (Å²) in [4.78, 5) is 12.5. The first kappa shape index (κ1) is 23.2. The van der Waals surface area contributed by atoms with Gasteiger partial charge in [-0.05, 0) is 48.7 Å². The number of nitrogens with zero attached hydrogens (tertiary/aromatic N) is 3. The average Bonchev–Trinajstić information content (AvgIpc) is 3.08. The Balaban J connectivity index is 1.58. The van der Waals surface area contributed by atoms with Crippen LogP contribution < -0.4 is 15.9 Å². The van der Waals surface area contributed by atoms with Crippen molar-refractivity contribution < 1.29 is 9.53 Å². The largest absolute Gasteiger partial charge is 0.486 e. The molecule has 10 heteroatoms. The molecule has 1 amide bonds. The van der Waals surface area contributed by atoms with Crippen LogP contribution in [0, 0.1) is 0 Å². The third-order valence-corrected chi connectivity index (χ3v) is 6.09. The van der Waals surface area contributed by atoms with Gasteiger partial charge in [0.25, 0.3) is 0 Å². The molecule has 31 heavy (non-hydrogen) atoms. The van der Waals surface area contributed by atoms with E-state index in [0.29, 0.717) is 38.4 Å². The molecule has 0 aliphatic heterocycles. The lowest BCUT2D eigenvalue weighted by Crippen LogP contribution is -2.24. The number of nitrogens with two attached hydrogens (primary N) is 1. The second-order valence-electron chi connectivity index (χ2n) is 7.15. The molecule has 164 valence electrons. The van der Waals surface area contributed by atoms with E-state index in [2.05, 4.69) is 29.4 Å². The predicted octanol–water partition coefficient (Wildman–Crippen LogP) is 5.12. The molecule has 0 fully saturated rings. The van der Waals surface area contributed by atoms with Gasteiger partial charge in [-0.15, -0.1) is 10.2 Å². The van der Waals surface area contributed by atoms with Crippen molar-refractivity contribution in [1.82, 2.24) is 14.9 Å². The number of hydrogen-bond acceptors (Lipinski definition) is 6. The molecule has 0 spiro atoms. The molecule has 0 bridgehead atoms. The highest BCUT2D eigenvalue weighted by atomic mass is 35.5. The van der Waals surface area contributed by atoms with Gasteiger partial charge in [0.1, 0.15) is 12.4 Å². The summed E-state index contributed by atoms with van der Waals surface area (Å²) in [5.41, 5.74) is 1.72. The molecule has 3 rings (SSSR count). The zero-order valence-corrected chi connectivity index (χ0v) is 19.6. The quantitative estimate of drug-likeness (QED) is 0.343. The van der Waals surface area contributed by atoms with E-state index in [1.54, 1.807) is 25.1 Å². The van der Waals surface area contributed by atoms with Crippen molar-refractivity contribution in [3.8, 4) is 5.75 Å². The summed E-state index contributed by atoms with van der Waals surface area (Å²) < 4.78 is 7.08. The second-order valence-corrected chi connectivity index (χ2v) is 9.31. The monoisotopic (exact) mass is 479 g/mol. The number of hydrogen-bond donors (Lipinski definition) is 2. The number of amides is 1. The minimum Gasteiger partial charge on any atom is -0.486 e.